The molecule has 0 amide bonds. The Bertz CT molecular complexity index is 466. The zero-order valence-corrected chi connectivity index (χ0v) is 13.7. The minimum atomic E-state index is -0.222. The van der Waals surface area contributed by atoms with Gasteiger partial charge in [-0.05, 0) is 51.1 Å². The van der Waals surface area contributed by atoms with E-state index >= 15 is 0 Å². The number of aliphatic hydroxyl groups excluding tert-OH is 1. The molecule has 1 aliphatic heterocycles. The van der Waals surface area contributed by atoms with Crippen molar-refractivity contribution in [2.24, 2.45) is 0 Å². The van der Waals surface area contributed by atoms with Gasteiger partial charge in [0.2, 0.25) is 0 Å². The number of β-amino-alcohol motifs (C(OH)–C–C–N with tert-alkyl or cyclic N) is 1. The number of hydrogen-bond donors (Lipinski definition) is 1. The summed E-state index contributed by atoms with van der Waals surface area (Å²) >= 11 is 0. The maximum absolute atomic E-state index is 10.3. The van der Waals surface area contributed by atoms with Crippen LogP contribution in [0, 0.1) is 0 Å². The highest BCUT2D eigenvalue weighted by molar-refractivity contribution is 5.14. The molecule has 0 bridgehead atoms. The third kappa shape index (κ3) is 5.78. The van der Waals surface area contributed by atoms with Gasteiger partial charge in [0.1, 0.15) is 0 Å². The van der Waals surface area contributed by atoms with E-state index in [1.165, 1.54) is 18.4 Å². The Morgan fingerprint density at radius 2 is 2.09 bits per heavy atom. The quantitative estimate of drug-likeness (QED) is 0.734. The second kappa shape index (κ2) is 9.60. The van der Waals surface area contributed by atoms with Crippen molar-refractivity contribution in [3.63, 3.8) is 0 Å². The Kier molecular flexibility index (Phi) is 7.41. The van der Waals surface area contributed by atoms with Crippen molar-refractivity contribution in [1.29, 1.82) is 0 Å². The van der Waals surface area contributed by atoms with Crippen LogP contribution in [0.2, 0.25) is 0 Å². The Morgan fingerprint density at radius 3 is 2.86 bits per heavy atom. The first-order chi connectivity index (χ1) is 10.8. The van der Waals surface area contributed by atoms with Crippen LogP contribution in [0.5, 0.6) is 0 Å². The molecule has 2 unspecified atom stereocenters. The van der Waals surface area contributed by atoms with Gasteiger partial charge in [0.05, 0.1) is 6.10 Å². The second-order valence-corrected chi connectivity index (χ2v) is 6.16. The van der Waals surface area contributed by atoms with Gasteiger partial charge in [0.25, 0.3) is 0 Å². The predicted octanol–water partition coefficient (Wildman–Crippen LogP) is 3.97. The fourth-order valence-electron chi connectivity index (χ4n) is 3.17. The molecular formula is C20H29NO. The summed E-state index contributed by atoms with van der Waals surface area (Å²) in [7, 11) is 0. The first kappa shape index (κ1) is 17.0. The van der Waals surface area contributed by atoms with E-state index < -0.39 is 0 Å². The van der Waals surface area contributed by atoms with Crippen LogP contribution in [0.25, 0.3) is 0 Å². The Labute approximate surface area is 135 Å². The molecule has 1 saturated heterocycles. The molecule has 0 saturated carbocycles. The fourth-order valence-corrected chi connectivity index (χ4v) is 3.17. The van der Waals surface area contributed by atoms with Gasteiger partial charge in [0, 0.05) is 12.6 Å². The van der Waals surface area contributed by atoms with Crippen molar-refractivity contribution in [2.75, 3.05) is 13.1 Å². The largest absolute Gasteiger partial charge is 0.392 e. The van der Waals surface area contributed by atoms with Gasteiger partial charge in [0.15, 0.2) is 0 Å². The molecule has 1 aliphatic rings. The summed E-state index contributed by atoms with van der Waals surface area (Å²) < 4.78 is 0. The number of likely N-dealkylation sites (tertiary alicyclic amines) is 1. The van der Waals surface area contributed by atoms with E-state index in [9.17, 15) is 5.11 Å². The molecule has 1 heterocycles. The molecule has 120 valence electrons. The van der Waals surface area contributed by atoms with E-state index in [-0.39, 0.29) is 6.10 Å². The van der Waals surface area contributed by atoms with Crippen LogP contribution in [0.15, 0.2) is 54.6 Å². The van der Waals surface area contributed by atoms with E-state index in [4.69, 9.17) is 0 Å². The maximum Gasteiger partial charge on any atom is 0.0670 e. The standard InChI is InChI=1S/C20H29NO/c1-2-3-4-8-12-19-13-9-16-21(19)17-20(22)15-14-18-10-6-5-7-11-18/h2-8,10-11,19-20,22H,9,12-17H2,1H3/b3-2-,8-4-. The van der Waals surface area contributed by atoms with Crippen LogP contribution in [0.3, 0.4) is 0 Å². The lowest BCUT2D eigenvalue weighted by Crippen LogP contribution is -2.36. The highest BCUT2D eigenvalue weighted by atomic mass is 16.3. The van der Waals surface area contributed by atoms with Crippen LogP contribution in [0.4, 0.5) is 0 Å². The average Bonchev–Trinajstić information content (AvgIpc) is 2.98. The van der Waals surface area contributed by atoms with E-state index in [1.807, 2.05) is 13.0 Å². The third-order valence-electron chi connectivity index (χ3n) is 4.40. The first-order valence-corrected chi connectivity index (χ1v) is 8.53. The predicted molar refractivity (Wildman–Crippen MR) is 93.9 cm³/mol. The van der Waals surface area contributed by atoms with E-state index in [0.717, 1.165) is 32.4 Å². The molecule has 2 atom stereocenters. The summed E-state index contributed by atoms with van der Waals surface area (Å²) in [4.78, 5) is 2.47. The molecule has 1 aromatic carbocycles. The van der Waals surface area contributed by atoms with Gasteiger partial charge in [-0.3, -0.25) is 4.90 Å². The van der Waals surface area contributed by atoms with Gasteiger partial charge < -0.3 is 5.11 Å². The number of benzene rings is 1. The molecule has 2 rings (SSSR count). The van der Waals surface area contributed by atoms with Crippen molar-refractivity contribution >= 4 is 0 Å². The monoisotopic (exact) mass is 299 g/mol. The third-order valence-corrected chi connectivity index (χ3v) is 4.40. The van der Waals surface area contributed by atoms with Crippen molar-refractivity contribution in [1.82, 2.24) is 4.90 Å². The molecule has 0 spiro atoms. The summed E-state index contributed by atoms with van der Waals surface area (Å²) in [6, 6.07) is 11.0. The summed E-state index contributed by atoms with van der Waals surface area (Å²) in [5.74, 6) is 0. The molecule has 1 aromatic rings. The molecule has 2 nitrogen and oxygen atoms in total. The van der Waals surface area contributed by atoms with Gasteiger partial charge in [-0.15, -0.1) is 0 Å². The lowest BCUT2D eigenvalue weighted by molar-refractivity contribution is 0.0995. The Balaban J connectivity index is 1.73. The van der Waals surface area contributed by atoms with Gasteiger partial charge >= 0.3 is 0 Å². The zero-order valence-electron chi connectivity index (χ0n) is 13.7. The number of aliphatic hydroxyl groups is 1. The van der Waals surface area contributed by atoms with Gasteiger partial charge in [-0.25, -0.2) is 0 Å². The Hall–Kier alpha value is -1.38. The van der Waals surface area contributed by atoms with Crippen LogP contribution in [-0.2, 0) is 6.42 Å². The molecule has 1 N–H and O–H groups in total. The van der Waals surface area contributed by atoms with Gasteiger partial charge in [-0.2, -0.15) is 0 Å². The highest BCUT2D eigenvalue weighted by Gasteiger charge is 2.24. The van der Waals surface area contributed by atoms with Crippen LogP contribution in [0.1, 0.15) is 38.2 Å². The highest BCUT2D eigenvalue weighted by Crippen LogP contribution is 2.21. The molecular weight excluding hydrogens is 270 g/mol. The molecule has 0 aromatic heterocycles. The zero-order chi connectivity index (χ0) is 15.6. The SMILES string of the molecule is C/C=C\C=C/CC1CCCN1CC(O)CCc1ccccc1. The molecule has 0 aliphatic carbocycles. The Morgan fingerprint density at radius 1 is 1.27 bits per heavy atom. The minimum Gasteiger partial charge on any atom is -0.392 e. The average molecular weight is 299 g/mol. The fraction of sp³-hybridized carbons (Fsp3) is 0.500. The molecule has 0 radical (unpaired) electrons. The molecule has 2 heteroatoms. The number of nitrogens with zero attached hydrogens (tertiary/aromatic N) is 1. The van der Waals surface area contributed by atoms with E-state index in [1.54, 1.807) is 0 Å². The maximum atomic E-state index is 10.3. The molecule has 1 fully saturated rings. The lowest BCUT2D eigenvalue weighted by atomic mass is 10.1. The number of allylic oxidation sites excluding steroid dienone is 3. The number of aryl methyl sites for hydroxylation is 1. The normalized spacial score (nSPS) is 21.1. The molecule has 22 heavy (non-hydrogen) atoms. The van der Waals surface area contributed by atoms with Crippen molar-refractivity contribution < 1.29 is 5.11 Å². The van der Waals surface area contributed by atoms with Crippen molar-refractivity contribution in [3.8, 4) is 0 Å². The second-order valence-electron chi connectivity index (χ2n) is 6.16. The summed E-state index contributed by atoms with van der Waals surface area (Å²) in [6.45, 7) is 3.98. The van der Waals surface area contributed by atoms with Crippen LogP contribution in [-0.4, -0.2) is 35.2 Å². The number of hydrogen-bond acceptors (Lipinski definition) is 2. The van der Waals surface area contributed by atoms with Crippen LogP contribution < -0.4 is 0 Å². The van der Waals surface area contributed by atoms with E-state index in [2.05, 4.69) is 53.5 Å². The van der Waals surface area contributed by atoms with Crippen molar-refractivity contribution in [2.45, 2.75) is 51.2 Å². The lowest BCUT2D eigenvalue weighted by Gasteiger charge is -2.26. The van der Waals surface area contributed by atoms with Crippen LogP contribution >= 0.6 is 0 Å². The first-order valence-electron chi connectivity index (χ1n) is 8.53. The summed E-state index contributed by atoms with van der Waals surface area (Å²) in [5, 5.41) is 10.3. The smallest absolute Gasteiger partial charge is 0.0670 e. The summed E-state index contributed by atoms with van der Waals surface area (Å²) in [6.07, 6.45) is 13.7. The summed E-state index contributed by atoms with van der Waals surface area (Å²) in [5.41, 5.74) is 1.31. The topological polar surface area (TPSA) is 23.5 Å². The minimum absolute atomic E-state index is 0.222. The van der Waals surface area contributed by atoms with Crippen molar-refractivity contribution in [3.05, 3.63) is 60.2 Å². The number of rotatable bonds is 8. The van der Waals surface area contributed by atoms with Gasteiger partial charge in [-0.1, -0.05) is 54.6 Å². The van der Waals surface area contributed by atoms with E-state index in [0.29, 0.717) is 6.04 Å².